The van der Waals surface area contributed by atoms with Crippen LogP contribution in [0.4, 0.5) is 0 Å². The van der Waals surface area contributed by atoms with Gasteiger partial charge in [-0.15, -0.1) is 0 Å². The second-order valence-corrected chi connectivity index (χ2v) is 5.70. The molecule has 0 heterocycles. The Labute approximate surface area is 91.2 Å². The van der Waals surface area contributed by atoms with Crippen LogP contribution in [-0.4, -0.2) is 36.8 Å². The molecule has 0 bridgehead atoms. The number of ether oxygens (including phenoxy) is 2. The third kappa shape index (κ3) is 3.54. The van der Waals surface area contributed by atoms with Crippen molar-refractivity contribution in [2.45, 2.75) is 33.2 Å². The molecule has 0 aliphatic carbocycles. The highest BCUT2D eigenvalue weighted by Gasteiger charge is 2.47. The summed E-state index contributed by atoms with van der Waals surface area (Å²) in [4.78, 5) is 0. The van der Waals surface area contributed by atoms with E-state index in [2.05, 4.69) is 0 Å². The minimum Gasteiger partial charge on any atom is -0.386 e. The largest absolute Gasteiger partial charge is 0.386 e. The summed E-state index contributed by atoms with van der Waals surface area (Å²) in [6.45, 7) is 7.71. The van der Waals surface area contributed by atoms with Crippen molar-refractivity contribution >= 4 is 7.37 Å². The van der Waals surface area contributed by atoms with E-state index in [1.807, 2.05) is 0 Å². The van der Waals surface area contributed by atoms with Gasteiger partial charge < -0.3 is 19.1 Å². The summed E-state index contributed by atoms with van der Waals surface area (Å²) in [5.74, 6) is 0. The lowest BCUT2D eigenvalue weighted by atomic mass is 10.7. The molecule has 0 aliphatic rings. The van der Waals surface area contributed by atoms with Gasteiger partial charge in [0.1, 0.15) is 6.35 Å². The van der Waals surface area contributed by atoms with Crippen LogP contribution < -0.4 is 0 Å². The lowest BCUT2D eigenvalue weighted by Gasteiger charge is -2.34. The van der Waals surface area contributed by atoms with Crippen LogP contribution in [0, 0.1) is 0 Å². The monoisotopic (exact) mass is 240 g/mol. The molecule has 0 saturated heterocycles. The first kappa shape index (κ1) is 15.1. The van der Waals surface area contributed by atoms with Gasteiger partial charge >= 0.3 is 0 Å². The molecule has 0 aromatic carbocycles. The Balaban J connectivity index is 4.91. The van der Waals surface area contributed by atoms with Gasteiger partial charge in [0, 0.05) is 13.2 Å². The number of hydrogen-bond donors (Lipinski definition) is 1. The molecule has 0 unspecified atom stereocenters. The lowest BCUT2D eigenvalue weighted by molar-refractivity contribution is -0.169. The second kappa shape index (κ2) is 6.61. The molecule has 0 rings (SSSR count). The average Bonchev–Trinajstić information content (AvgIpc) is 2.18. The molecule has 0 saturated carbocycles. The molecule has 1 atom stereocenters. The smallest absolute Gasteiger partial charge is 0.284 e. The zero-order valence-corrected chi connectivity index (χ0v) is 10.8. The Morgan fingerprint density at radius 2 is 1.60 bits per heavy atom. The van der Waals surface area contributed by atoms with E-state index < -0.39 is 19.2 Å². The molecule has 0 radical (unpaired) electrons. The predicted molar refractivity (Wildman–Crippen MR) is 58.0 cm³/mol. The van der Waals surface area contributed by atoms with Crippen LogP contribution in [0.15, 0.2) is 0 Å². The summed E-state index contributed by atoms with van der Waals surface area (Å²) in [6.07, 6.45) is -0.586. The SMILES string of the molecule is CCOC(C)(OCC)[P@](=O)(CO)OCC. The summed E-state index contributed by atoms with van der Waals surface area (Å²) in [6, 6.07) is 0. The standard InChI is InChI=1S/C9H21O5P/c1-5-12-9(4,13-6-2)15(11,8-10)14-7-3/h10H,5-8H2,1-4H3/t15-/m0/s1. The lowest BCUT2D eigenvalue weighted by Crippen LogP contribution is -2.34. The van der Waals surface area contributed by atoms with Crippen LogP contribution in [0.2, 0.25) is 0 Å². The highest BCUT2D eigenvalue weighted by molar-refractivity contribution is 7.60. The van der Waals surface area contributed by atoms with E-state index in [9.17, 15) is 4.57 Å². The van der Waals surface area contributed by atoms with Gasteiger partial charge in [0.05, 0.1) is 6.61 Å². The molecule has 5 nitrogen and oxygen atoms in total. The molecule has 1 N–H and O–H groups in total. The number of hydrogen-bond acceptors (Lipinski definition) is 5. The summed E-state index contributed by atoms with van der Waals surface area (Å²) in [5.41, 5.74) is -1.36. The maximum atomic E-state index is 12.3. The Bertz CT molecular complexity index is 213. The molecule has 0 aliphatic heterocycles. The Morgan fingerprint density at radius 3 is 1.87 bits per heavy atom. The van der Waals surface area contributed by atoms with E-state index in [-0.39, 0.29) is 6.61 Å². The van der Waals surface area contributed by atoms with Crippen molar-refractivity contribution in [3.8, 4) is 0 Å². The number of rotatable bonds is 8. The minimum atomic E-state index is -3.34. The molecule has 0 aromatic heterocycles. The molecule has 0 aromatic rings. The number of aliphatic hydroxyl groups excluding tert-OH is 1. The van der Waals surface area contributed by atoms with Gasteiger partial charge in [0.2, 0.25) is 5.53 Å². The molecular weight excluding hydrogens is 219 g/mol. The van der Waals surface area contributed by atoms with Crippen LogP contribution >= 0.6 is 7.37 Å². The van der Waals surface area contributed by atoms with Crippen molar-refractivity contribution in [3.05, 3.63) is 0 Å². The van der Waals surface area contributed by atoms with Crippen molar-refractivity contribution in [1.29, 1.82) is 0 Å². The minimum absolute atomic E-state index is 0.244. The van der Waals surface area contributed by atoms with Crippen molar-refractivity contribution < 1.29 is 23.7 Å². The first-order chi connectivity index (χ1) is 6.99. The maximum Gasteiger partial charge on any atom is 0.284 e. The van der Waals surface area contributed by atoms with Gasteiger partial charge in [-0.3, -0.25) is 4.57 Å². The van der Waals surface area contributed by atoms with Crippen LogP contribution in [0.3, 0.4) is 0 Å². The fourth-order valence-corrected chi connectivity index (χ4v) is 2.91. The van der Waals surface area contributed by atoms with Crippen molar-refractivity contribution in [1.82, 2.24) is 0 Å². The van der Waals surface area contributed by atoms with Crippen LogP contribution in [0.25, 0.3) is 0 Å². The van der Waals surface area contributed by atoms with Crippen LogP contribution in [0.1, 0.15) is 27.7 Å². The van der Waals surface area contributed by atoms with E-state index in [0.717, 1.165) is 0 Å². The fourth-order valence-electron chi connectivity index (χ4n) is 1.27. The van der Waals surface area contributed by atoms with Crippen LogP contribution in [-0.2, 0) is 18.6 Å². The molecule has 0 amide bonds. The molecule has 92 valence electrons. The quantitative estimate of drug-likeness (QED) is 0.519. The molecule has 0 spiro atoms. The van der Waals surface area contributed by atoms with Gasteiger partial charge in [-0.25, -0.2) is 0 Å². The van der Waals surface area contributed by atoms with Gasteiger partial charge in [-0.05, 0) is 27.7 Å². The average molecular weight is 240 g/mol. The molecule has 6 heteroatoms. The summed E-state index contributed by atoms with van der Waals surface area (Å²) in [7, 11) is -3.34. The third-order valence-corrected chi connectivity index (χ3v) is 4.51. The van der Waals surface area contributed by atoms with Gasteiger partial charge in [0.15, 0.2) is 0 Å². The molecule has 0 fully saturated rings. The van der Waals surface area contributed by atoms with E-state index in [1.165, 1.54) is 6.92 Å². The highest BCUT2D eigenvalue weighted by Crippen LogP contribution is 2.59. The Kier molecular flexibility index (Phi) is 6.64. The number of aliphatic hydroxyl groups is 1. The Hall–Kier alpha value is 0.0700. The van der Waals surface area contributed by atoms with Crippen molar-refractivity contribution in [2.24, 2.45) is 0 Å². The summed E-state index contributed by atoms with van der Waals surface area (Å²) < 4.78 is 28.0. The normalized spacial score (nSPS) is 16.3. The maximum absolute atomic E-state index is 12.3. The van der Waals surface area contributed by atoms with Gasteiger partial charge in [0.25, 0.3) is 7.37 Å². The van der Waals surface area contributed by atoms with E-state index in [4.69, 9.17) is 19.1 Å². The van der Waals surface area contributed by atoms with E-state index in [0.29, 0.717) is 13.2 Å². The molecular formula is C9H21O5P. The summed E-state index contributed by atoms with van der Waals surface area (Å²) >= 11 is 0. The van der Waals surface area contributed by atoms with E-state index in [1.54, 1.807) is 20.8 Å². The zero-order chi connectivity index (χ0) is 11.9. The first-order valence-corrected chi connectivity index (χ1v) is 6.93. The predicted octanol–water partition coefficient (Wildman–Crippen LogP) is 2.00. The fraction of sp³-hybridized carbons (Fsp3) is 1.00. The van der Waals surface area contributed by atoms with E-state index >= 15 is 0 Å². The topological polar surface area (TPSA) is 65.0 Å². The first-order valence-electron chi connectivity index (χ1n) is 5.12. The van der Waals surface area contributed by atoms with Gasteiger partial charge in [-0.2, -0.15) is 0 Å². The molecule has 15 heavy (non-hydrogen) atoms. The Morgan fingerprint density at radius 1 is 1.13 bits per heavy atom. The van der Waals surface area contributed by atoms with Crippen LogP contribution in [0.5, 0.6) is 0 Å². The van der Waals surface area contributed by atoms with Crippen molar-refractivity contribution in [3.63, 3.8) is 0 Å². The zero-order valence-electron chi connectivity index (χ0n) is 9.86. The third-order valence-electron chi connectivity index (χ3n) is 1.97. The highest BCUT2D eigenvalue weighted by atomic mass is 31.2. The second-order valence-electron chi connectivity index (χ2n) is 3.00. The van der Waals surface area contributed by atoms with Gasteiger partial charge in [-0.1, -0.05) is 0 Å². The summed E-state index contributed by atoms with van der Waals surface area (Å²) in [5, 5.41) is 9.16. The van der Waals surface area contributed by atoms with Crippen molar-refractivity contribution in [2.75, 3.05) is 26.2 Å².